The summed E-state index contributed by atoms with van der Waals surface area (Å²) in [5.74, 6) is 0.566. The van der Waals surface area contributed by atoms with E-state index >= 15 is 0 Å². The maximum Gasteiger partial charge on any atom is 0.278 e. The van der Waals surface area contributed by atoms with Gasteiger partial charge in [-0.05, 0) is 44.0 Å². The summed E-state index contributed by atoms with van der Waals surface area (Å²) >= 11 is 0. The van der Waals surface area contributed by atoms with Gasteiger partial charge >= 0.3 is 0 Å². The molecule has 2 rings (SSSR count). The molecule has 0 amide bonds. The molecule has 0 bridgehead atoms. The Balaban J connectivity index is 2.33. The lowest BCUT2D eigenvalue weighted by atomic mass is 10.1. The highest BCUT2D eigenvalue weighted by molar-refractivity contribution is 7.92. The number of nitrogens with one attached hydrogen (secondary N) is 2. The molecule has 0 aliphatic carbocycles. The third kappa shape index (κ3) is 2.70. The van der Waals surface area contributed by atoms with Gasteiger partial charge in [-0.1, -0.05) is 6.07 Å². The minimum atomic E-state index is -3.59. The second kappa shape index (κ2) is 4.45. The summed E-state index contributed by atoms with van der Waals surface area (Å²) in [6.45, 7) is 5.55. The molecular formula is C12H15N3O2S. The first-order valence-electron chi connectivity index (χ1n) is 5.49. The fraction of sp³-hybridized carbons (Fsp3) is 0.250. The van der Waals surface area contributed by atoms with Crippen LogP contribution in [-0.2, 0) is 10.0 Å². The summed E-state index contributed by atoms with van der Waals surface area (Å²) in [7, 11) is -3.59. The molecule has 0 saturated carbocycles. The molecule has 0 atom stereocenters. The second-order valence-electron chi connectivity index (χ2n) is 4.31. The largest absolute Gasteiger partial charge is 0.332 e. The van der Waals surface area contributed by atoms with Gasteiger partial charge in [0.1, 0.15) is 5.82 Å². The Hall–Kier alpha value is -1.82. The number of sulfonamides is 1. The minimum absolute atomic E-state index is 0.0687. The fourth-order valence-corrected chi connectivity index (χ4v) is 2.79. The number of H-pyrrole nitrogens is 1. The molecule has 6 heteroatoms. The van der Waals surface area contributed by atoms with Gasteiger partial charge in [0.15, 0.2) is 5.03 Å². The molecule has 0 aliphatic heterocycles. The monoisotopic (exact) mass is 265 g/mol. The van der Waals surface area contributed by atoms with Crippen LogP contribution in [0.1, 0.15) is 17.0 Å². The highest BCUT2D eigenvalue weighted by atomic mass is 32.2. The molecule has 96 valence electrons. The van der Waals surface area contributed by atoms with Gasteiger partial charge < -0.3 is 4.98 Å². The molecule has 2 N–H and O–H groups in total. The van der Waals surface area contributed by atoms with E-state index in [1.165, 1.54) is 6.20 Å². The molecule has 0 radical (unpaired) electrons. The summed E-state index contributed by atoms with van der Waals surface area (Å²) < 4.78 is 26.6. The number of nitrogens with zero attached hydrogens (tertiary/aromatic N) is 1. The summed E-state index contributed by atoms with van der Waals surface area (Å²) in [6, 6.07) is 5.56. The predicted octanol–water partition coefficient (Wildman–Crippen LogP) is 2.14. The van der Waals surface area contributed by atoms with E-state index < -0.39 is 10.0 Å². The van der Waals surface area contributed by atoms with Crippen LogP contribution in [0.2, 0.25) is 0 Å². The Morgan fingerprint density at radius 2 is 1.72 bits per heavy atom. The Morgan fingerprint density at radius 1 is 1.11 bits per heavy atom. The first-order valence-corrected chi connectivity index (χ1v) is 6.98. The van der Waals surface area contributed by atoms with E-state index in [0.29, 0.717) is 11.5 Å². The first-order chi connectivity index (χ1) is 8.37. The van der Waals surface area contributed by atoms with Crippen molar-refractivity contribution < 1.29 is 8.42 Å². The number of hydrogen-bond acceptors (Lipinski definition) is 3. The summed E-state index contributed by atoms with van der Waals surface area (Å²) in [6.07, 6.45) is 1.31. The van der Waals surface area contributed by atoms with Crippen LogP contribution in [0.15, 0.2) is 29.4 Å². The highest BCUT2D eigenvalue weighted by Crippen LogP contribution is 2.17. The van der Waals surface area contributed by atoms with Crippen LogP contribution in [0.4, 0.5) is 5.69 Å². The zero-order valence-electron chi connectivity index (χ0n) is 10.5. The Kier molecular flexibility index (Phi) is 3.13. The topological polar surface area (TPSA) is 74.8 Å². The van der Waals surface area contributed by atoms with Gasteiger partial charge in [0.05, 0.1) is 6.20 Å². The molecule has 0 fully saturated rings. The number of hydrogen-bond donors (Lipinski definition) is 2. The lowest BCUT2D eigenvalue weighted by Crippen LogP contribution is -2.13. The molecular weight excluding hydrogens is 250 g/mol. The van der Waals surface area contributed by atoms with Gasteiger partial charge in [0, 0.05) is 5.69 Å². The molecule has 0 aliphatic rings. The fourth-order valence-electron chi connectivity index (χ4n) is 1.78. The van der Waals surface area contributed by atoms with Crippen molar-refractivity contribution in [1.82, 2.24) is 9.97 Å². The molecule has 1 aromatic heterocycles. The maximum absolute atomic E-state index is 12.1. The van der Waals surface area contributed by atoms with E-state index in [2.05, 4.69) is 14.7 Å². The third-order valence-electron chi connectivity index (χ3n) is 2.44. The van der Waals surface area contributed by atoms with Crippen LogP contribution in [0, 0.1) is 20.8 Å². The summed E-state index contributed by atoms with van der Waals surface area (Å²) in [4.78, 5) is 6.59. The van der Waals surface area contributed by atoms with Crippen molar-refractivity contribution in [2.24, 2.45) is 0 Å². The normalized spacial score (nSPS) is 11.5. The minimum Gasteiger partial charge on any atom is -0.332 e. The maximum atomic E-state index is 12.1. The first kappa shape index (κ1) is 12.6. The number of aromatic amines is 1. The predicted molar refractivity (Wildman–Crippen MR) is 70.0 cm³/mol. The molecule has 18 heavy (non-hydrogen) atoms. The quantitative estimate of drug-likeness (QED) is 0.892. The van der Waals surface area contributed by atoms with E-state index in [1.54, 1.807) is 19.1 Å². The van der Waals surface area contributed by atoms with Crippen molar-refractivity contribution in [3.05, 3.63) is 41.3 Å². The smallest absolute Gasteiger partial charge is 0.278 e. The molecule has 5 nitrogen and oxygen atoms in total. The van der Waals surface area contributed by atoms with Crippen LogP contribution in [0.5, 0.6) is 0 Å². The number of aryl methyl sites for hydroxylation is 3. The average Bonchev–Trinajstić information content (AvgIpc) is 2.62. The Bertz CT molecular complexity index is 654. The van der Waals surface area contributed by atoms with Gasteiger partial charge in [-0.15, -0.1) is 0 Å². The zero-order valence-corrected chi connectivity index (χ0v) is 11.3. The van der Waals surface area contributed by atoms with Crippen molar-refractivity contribution in [2.75, 3.05) is 4.72 Å². The molecule has 1 heterocycles. The molecule has 0 saturated heterocycles. The van der Waals surface area contributed by atoms with Crippen LogP contribution < -0.4 is 4.72 Å². The molecule has 0 spiro atoms. The van der Waals surface area contributed by atoms with Crippen molar-refractivity contribution in [2.45, 2.75) is 25.8 Å². The lowest BCUT2D eigenvalue weighted by molar-refractivity contribution is 0.598. The number of aromatic nitrogens is 2. The van der Waals surface area contributed by atoms with Crippen LogP contribution in [0.25, 0.3) is 0 Å². The zero-order chi connectivity index (χ0) is 13.3. The molecule has 0 unspecified atom stereocenters. The standard InChI is InChI=1S/C12H15N3O2S/c1-8-4-9(2)6-11(5-8)15-18(16,17)12-7-13-10(3)14-12/h4-7,15H,1-3H3,(H,13,14). The summed E-state index contributed by atoms with van der Waals surface area (Å²) in [5, 5.41) is 0.0687. The van der Waals surface area contributed by atoms with Gasteiger partial charge in [0.2, 0.25) is 0 Å². The second-order valence-corrected chi connectivity index (χ2v) is 5.97. The average molecular weight is 265 g/mol. The van der Waals surface area contributed by atoms with Crippen molar-refractivity contribution in [3.63, 3.8) is 0 Å². The Labute approximate surface area is 106 Å². The van der Waals surface area contributed by atoms with E-state index in [-0.39, 0.29) is 5.03 Å². The Morgan fingerprint density at radius 3 is 2.22 bits per heavy atom. The van der Waals surface area contributed by atoms with E-state index in [4.69, 9.17) is 0 Å². The number of rotatable bonds is 3. The lowest BCUT2D eigenvalue weighted by Gasteiger charge is -2.08. The van der Waals surface area contributed by atoms with Gasteiger partial charge in [-0.3, -0.25) is 4.72 Å². The van der Waals surface area contributed by atoms with Crippen LogP contribution >= 0.6 is 0 Å². The molecule has 2 aromatic rings. The SMILES string of the molecule is Cc1cc(C)cc(NS(=O)(=O)c2cnc(C)[nH]2)c1. The van der Waals surface area contributed by atoms with Gasteiger partial charge in [-0.25, -0.2) is 4.98 Å². The number of imidazole rings is 1. The van der Waals surface area contributed by atoms with E-state index in [1.807, 2.05) is 19.9 Å². The summed E-state index contributed by atoms with van der Waals surface area (Å²) in [5.41, 5.74) is 2.57. The van der Waals surface area contributed by atoms with E-state index in [9.17, 15) is 8.42 Å². The van der Waals surface area contributed by atoms with Gasteiger partial charge in [0.25, 0.3) is 10.0 Å². The van der Waals surface area contributed by atoms with Crippen molar-refractivity contribution >= 4 is 15.7 Å². The van der Waals surface area contributed by atoms with Crippen molar-refractivity contribution in [1.29, 1.82) is 0 Å². The number of benzene rings is 1. The highest BCUT2D eigenvalue weighted by Gasteiger charge is 2.16. The van der Waals surface area contributed by atoms with E-state index in [0.717, 1.165) is 11.1 Å². The van der Waals surface area contributed by atoms with Gasteiger partial charge in [-0.2, -0.15) is 8.42 Å². The number of anilines is 1. The third-order valence-corrected chi connectivity index (χ3v) is 3.73. The van der Waals surface area contributed by atoms with Crippen LogP contribution in [-0.4, -0.2) is 18.4 Å². The van der Waals surface area contributed by atoms with Crippen molar-refractivity contribution in [3.8, 4) is 0 Å². The van der Waals surface area contributed by atoms with Crippen LogP contribution in [0.3, 0.4) is 0 Å². The molecule has 1 aromatic carbocycles.